The predicted octanol–water partition coefficient (Wildman–Crippen LogP) is 4.31. The molecule has 1 aromatic carbocycles. The van der Waals surface area contributed by atoms with E-state index in [1.54, 1.807) is 32.9 Å². The summed E-state index contributed by atoms with van der Waals surface area (Å²) in [6, 6.07) is 6.25. The van der Waals surface area contributed by atoms with Crippen molar-refractivity contribution in [2.45, 2.75) is 20.8 Å². The monoisotopic (exact) mass is 312 g/mol. The van der Waals surface area contributed by atoms with Crippen LogP contribution in [0, 0.1) is 16.7 Å². The van der Waals surface area contributed by atoms with Gasteiger partial charge in [-0.2, -0.15) is 5.26 Å². The lowest BCUT2D eigenvalue weighted by atomic mass is 9.90. The molecule has 4 nitrogen and oxygen atoms in total. The third-order valence-electron chi connectivity index (χ3n) is 2.46. The van der Waals surface area contributed by atoms with Crippen LogP contribution in [-0.2, 0) is 4.79 Å². The number of aliphatic hydroxyl groups is 1. The van der Waals surface area contributed by atoms with Crippen LogP contribution in [0.2, 0.25) is 10.0 Å². The molecule has 0 radical (unpaired) electrons. The summed E-state index contributed by atoms with van der Waals surface area (Å²) in [7, 11) is 0. The molecule has 0 aromatic heterocycles. The van der Waals surface area contributed by atoms with Crippen molar-refractivity contribution in [1.82, 2.24) is 0 Å². The van der Waals surface area contributed by atoms with Crippen molar-refractivity contribution >= 4 is 34.8 Å². The predicted molar refractivity (Wildman–Crippen MR) is 79.8 cm³/mol. The summed E-state index contributed by atoms with van der Waals surface area (Å²) in [6.07, 6.45) is 0. The van der Waals surface area contributed by atoms with Crippen molar-refractivity contribution in [1.29, 1.82) is 5.26 Å². The number of nitriles is 1. The lowest BCUT2D eigenvalue weighted by Gasteiger charge is -2.18. The molecule has 0 bridgehead atoms. The van der Waals surface area contributed by atoms with Crippen LogP contribution in [0.3, 0.4) is 0 Å². The maximum atomic E-state index is 12.0. The molecular formula is C14H14Cl2N2O2. The third kappa shape index (κ3) is 3.89. The highest BCUT2D eigenvalue weighted by atomic mass is 35.5. The fraction of sp³-hybridized carbons (Fsp3) is 0.286. The molecule has 0 aliphatic rings. The topological polar surface area (TPSA) is 73.1 Å². The van der Waals surface area contributed by atoms with Gasteiger partial charge in [0.2, 0.25) is 0 Å². The van der Waals surface area contributed by atoms with E-state index >= 15 is 0 Å². The number of aliphatic hydroxyl groups excluding tert-OH is 1. The number of nitrogens with one attached hydrogen (secondary N) is 1. The van der Waals surface area contributed by atoms with Gasteiger partial charge in [0.25, 0.3) is 5.91 Å². The Bertz CT molecular complexity index is 611. The number of benzene rings is 1. The Labute approximate surface area is 127 Å². The molecule has 106 valence electrons. The van der Waals surface area contributed by atoms with E-state index in [4.69, 9.17) is 28.5 Å². The van der Waals surface area contributed by atoms with Crippen molar-refractivity contribution in [2.24, 2.45) is 5.41 Å². The number of allylic oxidation sites excluding steroid dienone is 1. The molecule has 0 aliphatic heterocycles. The first-order valence-electron chi connectivity index (χ1n) is 5.77. The maximum Gasteiger partial charge on any atom is 0.269 e. The van der Waals surface area contributed by atoms with Crippen LogP contribution in [-0.4, -0.2) is 11.0 Å². The second kappa shape index (κ2) is 6.17. The lowest BCUT2D eigenvalue weighted by Crippen LogP contribution is -2.20. The molecule has 6 heteroatoms. The number of nitrogens with zero attached hydrogens (tertiary/aromatic N) is 1. The van der Waals surface area contributed by atoms with Gasteiger partial charge in [-0.05, 0) is 18.2 Å². The molecule has 1 aromatic rings. The van der Waals surface area contributed by atoms with Crippen LogP contribution in [0.25, 0.3) is 0 Å². The number of anilines is 1. The van der Waals surface area contributed by atoms with Crippen LogP contribution in [0.1, 0.15) is 20.8 Å². The van der Waals surface area contributed by atoms with Crippen LogP contribution in [0.4, 0.5) is 5.69 Å². The first-order valence-corrected chi connectivity index (χ1v) is 6.52. The molecule has 0 aliphatic carbocycles. The molecule has 1 amide bonds. The van der Waals surface area contributed by atoms with Gasteiger partial charge in [-0.25, -0.2) is 0 Å². The Hall–Kier alpha value is -1.70. The summed E-state index contributed by atoms with van der Waals surface area (Å²) in [4.78, 5) is 12.0. The summed E-state index contributed by atoms with van der Waals surface area (Å²) >= 11 is 11.6. The zero-order chi connectivity index (χ0) is 15.5. The molecule has 0 heterocycles. The van der Waals surface area contributed by atoms with Gasteiger partial charge in [-0.1, -0.05) is 44.0 Å². The minimum atomic E-state index is -0.696. The van der Waals surface area contributed by atoms with Crippen LogP contribution >= 0.6 is 23.2 Å². The fourth-order valence-electron chi connectivity index (χ4n) is 1.35. The van der Waals surface area contributed by atoms with E-state index in [-0.39, 0.29) is 16.4 Å². The number of rotatable bonds is 2. The minimum absolute atomic E-state index is 0.266. The first-order chi connectivity index (χ1) is 9.16. The van der Waals surface area contributed by atoms with Crippen LogP contribution in [0.15, 0.2) is 29.5 Å². The molecule has 2 N–H and O–H groups in total. The van der Waals surface area contributed by atoms with Gasteiger partial charge in [0, 0.05) is 11.1 Å². The largest absolute Gasteiger partial charge is 0.510 e. The molecule has 20 heavy (non-hydrogen) atoms. The zero-order valence-electron chi connectivity index (χ0n) is 11.3. The Balaban J connectivity index is 3.06. The van der Waals surface area contributed by atoms with E-state index in [2.05, 4.69) is 5.32 Å². The molecule has 0 saturated carbocycles. The Morgan fingerprint density at radius 1 is 1.30 bits per heavy atom. The van der Waals surface area contributed by atoms with Gasteiger partial charge in [0.15, 0.2) is 5.57 Å². The molecule has 0 unspecified atom stereocenters. The summed E-state index contributed by atoms with van der Waals surface area (Å²) in [5, 5.41) is 22.1. The SMILES string of the molecule is CC(C)(C)/C(O)=C(\C#N)C(=O)Nc1ccc(Cl)c(Cl)c1. The average molecular weight is 313 g/mol. The molecule has 1 rings (SSSR count). The normalized spacial score (nSPS) is 12.4. The number of amides is 1. The van der Waals surface area contributed by atoms with Crippen LogP contribution in [0.5, 0.6) is 0 Å². The van der Waals surface area contributed by atoms with Crippen molar-refractivity contribution in [2.75, 3.05) is 5.32 Å². The van der Waals surface area contributed by atoms with E-state index in [0.29, 0.717) is 10.7 Å². The fourth-order valence-corrected chi connectivity index (χ4v) is 1.65. The minimum Gasteiger partial charge on any atom is -0.510 e. The van der Waals surface area contributed by atoms with Gasteiger partial charge in [0.05, 0.1) is 10.0 Å². The smallest absolute Gasteiger partial charge is 0.269 e. The van der Waals surface area contributed by atoms with E-state index < -0.39 is 11.3 Å². The van der Waals surface area contributed by atoms with E-state index in [0.717, 1.165) is 0 Å². The van der Waals surface area contributed by atoms with E-state index in [1.165, 1.54) is 12.1 Å². The molecule has 0 spiro atoms. The summed E-state index contributed by atoms with van der Waals surface area (Å²) in [5.41, 5.74) is -0.637. The summed E-state index contributed by atoms with van der Waals surface area (Å²) in [6.45, 7) is 5.10. The maximum absolute atomic E-state index is 12.0. The number of hydrogen-bond acceptors (Lipinski definition) is 3. The Morgan fingerprint density at radius 2 is 1.90 bits per heavy atom. The second-order valence-corrected chi connectivity index (χ2v) is 5.98. The highest BCUT2D eigenvalue weighted by molar-refractivity contribution is 6.42. The van der Waals surface area contributed by atoms with Crippen LogP contribution < -0.4 is 5.32 Å². The molecule has 0 saturated heterocycles. The van der Waals surface area contributed by atoms with Crippen molar-refractivity contribution in [3.63, 3.8) is 0 Å². The molecular weight excluding hydrogens is 299 g/mol. The van der Waals surface area contributed by atoms with E-state index in [9.17, 15) is 9.90 Å². The van der Waals surface area contributed by atoms with Gasteiger partial charge in [-0.15, -0.1) is 0 Å². The van der Waals surface area contributed by atoms with Gasteiger partial charge in [0.1, 0.15) is 11.8 Å². The first kappa shape index (κ1) is 16.4. The zero-order valence-corrected chi connectivity index (χ0v) is 12.8. The third-order valence-corrected chi connectivity index (χ3v) is 3.20. The summed E-state index contributed by atoms with van der Waals surface area (Å²) in [5.74, 6) is -0.962. The highest BCUT2D eigenvalue weighted by Gasteiger charge is 2.25. The van der Waals surface area contributed by atoms with Crippen molar-refractivity contribution < 1.29 is 9.90 Å². The van der Waals surface area contributed by atoms with Crippen molar-refractivity contribution in [3.05, 3.63) is 39.6 Å². The number of halogens is 2. The molecule has 0 atom stereocenters. The number of carbonyl (C=O) groups excluding carboxylic acids is 1. The van der Waals surface area contributed by atoms with Gasteiger partial charge < -0.3 is 10.4 Å². The van der Waals surface area contributed by atoms with E-state index in [1.807, 2.05) is 0 Å². The average Bonchev–Trinajstić information content (AvgIpc) is 2.33. The quantitative estimate of drug-likeness (QED) is 0.485. The lowest BCUT2D eigenvalue weighted by molar-refractivity contribution is -0.112. The second-order valence-electron chi connectivity index (χ2n) is 5.17. The number of hydrogen-bond donors (Lipinski definition) is 2. The van der Waals surface area contributed by atoms with Gasteiger partial charge >= 0.3 is 0 Å². The summed E-state index contributed by atoms with van der Waals surface area (Å²) < 4.78 is 0. The molecule has 0 fully saturated rings. The highest BCUT2D eigenvalue weighted by Crippen LogP contribution is 2.27. The number of carbonyl (C=O) groups is 1. The Kier molecular flexibility index (Phi) is 5.04. The van der Waals surface area contributed by atoms with Crippen molar-refractivity contribution in [3.8, 4) is 6.07 Å². The standard InChI is InChI=1S/C14H14Cl2N2O2/c1-14(2,3)12(19)9(7-17)13(20)18-8-4-5-10(15)11(16)6-8/h4-6,19H,1-3H3,(H,18,20)/b12-9-. The Morgan fingerprint density at radius 3 is 2.35 bits per heavy atom. The van der Waals surface area contributed by atoms with Gasteiger partial charge in [-0.3, -0.25) is 4.79 Å².